The van der Waals surface area contributed by atoms with E-state index in [9.17, 15) is 13.2 Å². The van der Waals surface area contributed by atoms with Gasteiger partial charge < -0.3 is 4.74 Å². The van der Waals surface area contributed by atoms with Gasteiger partial charge >= 0.3 is 5.97 Å². The standard InChI is InChI=1S/C11H11BrN4O4S/c1-16-10(9(12)13-15-16)21(18,19)14-8-6-4-3-5-7(8)11(17)20-2/h3-6,14H,1-2H3. The quantitative estimate of drug-likeness (QED) is 0.805. The number of benzene rings is 1. The fraction of sp³-hybridized carbons (Fsp3) is 0.182. The van der Waals surface area contributed by atoms with Gasteiger partial charge in [0.2, 0.25) is 5.03 Å². The van der Waals surface area contributed by atoms with Crippen LogP contribution in [0, 0.1) is 0 Å². The molecule has 2 rings (SSSR count). The molecule has 0 atom stereocenters. The molecule has 1 aromatic carbocycles. The number of carbonyl (C=O) groups excluding carboxylic acids is 1. The van der Waals surface area contributed by atoms with E-state index in [0.29, 0.717) is 0 Å². The number of para-hydroxylation sites is 1. The van der Waals surface area contributed by atoms with Crippen LogP contribution in [0.4, 0.5) is 5.69 Å². The number of ether oxygens (including phenoxy) is 1. The van der Waals surface area contributed by atoms with Gasteiger partial charge in [-0.1, -0.05) is 17.3 Å². The second-order valence-electron chi connectivity index (χ2n) is 3.95. The summed E-state index contributed by atoms with van der Waals surface area (Å²) in [6.07, 6.45) is 0. The minimum Gasteiger partial charge on any atom is -0.465 e. The van der Waals surface area contributed by atoms with Crippen molar-refractivity contribution in [3.05, 3.63) is 34.4 Å². The van der Waals surface area contributed by atoms with Crippen LogP contribution in [0.15, 0.2) is 33.9 Å². The van der Waals surface area contributed by atoms with Gasteiger partial charge in [-0.3, -0.25) is 4.72 Å². The Morgan fingerprint density at radius 3 is 2.62 bits per heavy atom. The SMILES string of the molecule is COC(=O)c1ccccc1NS(=O)(=O)c1c(Br)nnn1C. The summed E-state index contributed by atoms with van der Waals surface area (Å²) in [6.45, 7) is 0. The highest BCUT2D eigenvalue weighted by Crippen LogP contribution is 2.23. The number of halogens is 1. The lowest BCUT2D eigenvalue weighted by Gasteiger charge is -2.11. The summed E-state index contributed by atoms with van der Waals surface area (Å²) in [7, 11) is -1.30. The van der Waals surface area contributed by atoms with Crippen molar-refractivity contribution in [3.8, 4) is 0 Å². The first-order chi connectivity index (χ1) is 9.86. The van der Waals surface area contributed by atoms with Crippen molar-refractivity contribution in [2.75, 3.05) is 11.8 Å². The van der Waals surface area contributed by atoms with E-state index in [1.807, 2.05) is 0 Å². The van der Waals surface area contributed by atoms with Gasteiger partial charge in [-0.25, -0.2) is 9.48 Å². The van der Waals surface area contributed by atoms with Gasteiger partial charge in [0.25, 0.3) is 10.0 Å². The first-order valence-electron chi connectivity index (χ1n) is 5.62. The zero-order chi connectivity index (χ0) is 15.6. The van der Waals surface area contributed by atoms with Gasteiger partial charge in [-0.05, 0) is 28.1 Å². The van der Waals surface area contributed by atoms with Crippen LogP contribution in [0.25, 0.3) is 0 Å². The van der Waals surface area contributed by atoms with Crippen molar-refractivity contribution >= 4 is 37.6 Å². The number of carbonyl (C=O) groups is 1. The van der Waals surface area contributed by atoms with Gasteiger partial charge in [0, 0.05) is 7.05 Å². The molecule has 0 aliphatic carbocycles. The molecule has 0 saturated heterocycles. The predicted molar refractivity (Wildman–Crippen MR) is 77.3 cm³/mol. The van der Waals surface area contributed by atoms with E-state index in [1.54, 1.807) is 12.1 Å². The molecule has 0 amide bonds. The van der Waals surface area contributed by atoms with Gasteiger partial charge in [0.15, 0.2) is 4.60 Å². The summed E-state index contributed by atoms with van der Waals surface area (Å²) in [5.74, 6) is -0.643. The zero-order valence-corrected chi connectivity index (χ0v) is 13.5. The van der Waals surface area contributed by atoms with Crippen molar-refractivity contribution in [2.24, 2.45) is 7.05 Å². The predicted octanol–water partition coefficient (Wildman–Crippen LogP) is 1.16. The topological polar surface area (TPSA) is 103 Å². The molecule has 0 saturated carbocycles. The van der Waals surface area contributed by atoms with Crippen molar-refractivity contribution in [3.63, 3.8) is 0 Å². The minimum absolute atomic E-state index is 0.0769. The minimum atomic E-state index is -3.96. The Labute approximate surface area is 129 Å². The lowest BCUT2D eigenvalue weighted by atomic mass is 10.2. The largest absolute Gasteiger partial charge is 0.465 e. The number of rotatable bonds is 4. The lowest BCUT2D eigenvalue weighted by molar-refractivity contribution is 0.0602. The maximum absolute atomic E-state index is 12.4. The van der Waals surface area contributed by atoms with Crippen LogP contribution in [0.5, 0.6) is 0 Å². The van der Waals surface area contributed by atoms with Crippen LogP contribution in [-0.2, 0) is 21.8 Å². The van der Waals surface area contributed by atoms with Crippen LogP contribution >= 0.6 is 15.9 Å². The number of nitrogens with zero attached hydrogens (tertiary/aromatic N) is 3. The zero-order valence-electron chi connectivity index (χ0n) is 11.1. The Bertz CT molecular complexity index is 768. The van der Waals surface area contributed by atoms with Crippen LogP contribution in [0.1, 0.15) is 10.4 Å². The van der Waals surface area contributed by atoms with Crippen molar-refractivity contribution in [1.29, 1.82) is 0 Å². The Hall–Kier alpha value is -1.94. The Kier molecular flexibility index (Phi) is 4.28. The molecule has 1 heterocycles. The average Bonchev–Trinajstić information content (AvgIpc) is 2.78. The number of anilines is 1. The van der Waals surface area contributed by atoms with E-state index in [4.69, 9.17) is 0 Å². The fourth-order valence-electron chi connectivity index (χ4n) is 1.66. The molecule has 112 valence electrons. The van der Waals surface area contributed by atoms with E-state index in [0.717, 1.165) is 4.68 Å². The number of aromatic nitrogens is 3. The van der Waals surface area contributed by atoms with Gasteiger partial charge in [-0.15, -0.1) is 5.10 Å². The molecule has 8 nitrogen and oxygen atoms in total. The number of esters is 1. The maximum atomic E-state index is 12.4. The van der Waals surface area contributed by atoms with Gasteiger partial charge in [0.1, 0.15) is 0 Å². The summed E-state index contributed by atoms with van der Waals surface area (Å²) in [5, 5.41) is 7.07. The smallest absolute Gasteiger partial charge is 0.339 e. The molecular formula is C11H11BrN4O4S. The third-order valence-corrected chi connectivity index (χ3v) is 4.82. The van der Waals surface area contributed by atoms with Crippen molar-refractivity contribution in [2.45, 2.75) is 5.03 Å². The van der Waals surface area contributed by atoms with E-state index < -0.39 is 16.0 Å². The molecule has 0 aliphatic rings. The fourth-order valence-corrected chi connectivity index (χ4v) is 3.84. The first kappa shape index (κ1) is 15.4. The maximum Gasteiger partial charge on any atom is 0.339 e. The summed E-state index contributed by atoms with van der Waals surface area (Å²) in [6, 6.07) is 6.12. The lowest BCUT2D eigenvalue weighted by Crippen LogP contribution is -2.19. The molecule has 0 radical (unpaired) electrons. The molecule has 0 spiro atoms. The van der Waals surface area contributed by atoms with Gasteiger partial charge in [-0.2, -0.15) is 8.42 Å². The molecule has 1 aromatic heterocycles. The summed E-state index contributed by atoms with van der Waals surface area (Å²) in [5.41, 5.74) is 0.215. The second-order valence-corrected chi connectivity index (χ2v) is 6.30. The first-order valence-corrected chi connectivity index (χ1v) is 7.89. The average molecular weight is 375 g/mol. The molecule has 0 fully saturated rings. The molecule has 10 heteroatoms. The van der Waals surface area contributed by atoms with E-state index in [2.05, 4.69) is 35.7 Å². The molecule has 21 heavy (non-hydrogen) atoms. The summed E-state index contributed by atoms with van der Waals surface area (Å²) < 4.78 is 32.9. The van der Waals surface area contributed by atoms with Gasteiger partial charge in [0.05, 0.1) is 18.4 Å². The number of sulfonamides is 1. The number of nitrogens with one attached hydrogen (secondary N) is 1. The highest BCUT2D eigenvalue weighted by Gasteiger charge is 2.25. The number of hydrogen-bond acceptors (Lipinski definition) is 6. The number of aryl methyl sites for hydroxylation is 1. The van der Waals surface area contributed by atoms with Crippen LogP contribution in [0.3, 0.4) is 0 Å². The van der Waals surface area contributed by atoms with Crippen LogP contribution < -0.4 is 4.72 Å². The molecular weight excluding hydrogens is 364 g/mol. The Morgan fingerprint density at radius 1 is 1.38 bits per heavy atom. The molecule has 0 unspecified atom stereocenters. The van der Waals surface area contributed by atoms with E-state index >= 15 is 0 Å². The number of methoxy groups -OCH3 is 1. The van der Waals surface area contributed by atoms with E-state index in [-0.39, 0.29) is 20.9 Å². The monoisotopic (exact) mass is 374 g/mol. The Balaban J connectivity index is 2.45. The van der Waals surface area contributed by atoms with Crippen molar-refractivity contribution < 1.29 is 17.9 Å². The molecule has 1 N–H and O–H groups in total. The molecule has 0 aliphatic heterocycles. The van der Waals surface area contributed by atoms with Crippen LogP contribution in [0.2, 0.25) is 0 Å². The third-order valence-electron chi connectivity index (χ3n) is 2.57. The van der Waals surface area contributed by atoms with Crippen molar-refractivity contribution in [1.82, 2.24) is 15.0 Å². The highest BCUT2D eigenvalue weighted by atomic mass is 79.9. The third kappa shape index (κ3) is 3.05. The van der Waals surface area contributed by atoms with E-state index in [1.165, 1.54) is 26.3 Å². The summed E-state index contributed by atoms with van der Waals surface area (Å²) in [4.78, 5) is 11.6. The van der Waals surface area contributed by atoms with Crippen LogP contribution in [-0.4, -0.2) is 36.5 Å². The normalized spacial score (nSPS) is 11.2. The molecule has 2 aromatic rings. The Morgan fingerprint density at radius 2 is 2.05 bits per heavy atom. The highest BCUT2D eigenvalue weighted by molar-refractivity contribution is 9.10. The second kappa shape index (κ2) is 5.82. The number of hydrogen-bond donors (Lipinski definition) is 1. The molecule has 0 bridgehead atoms. The summed E-state index contributed by atoms with van der Waals surface area (Å²) >= 11 is 3.02.